The van der Waals surface area contributed by atoms with Gasteiger partial charge in [-0.25, -0.2) is 18.4 Å². The molecule has 1 aliphatic carbocycles. The highest BCUT2D eigenvalue weighted by Gasteiger charge is 2.39. The van der Waals surface area contributed by atoms with E-state index < -0.39 is 12.0 Å². The lowest BCUT2D eigenvalue weighted by atomic mass is 10.2. The van der Waals surface area contributed by atoms with Gasteiger partial charge in [-0.05, 0) is 25.8 Å². The molecule has 0 radical (unpaired) electrons. The fraction of sp³-hybridized carbons (Fsp3) is 0.588. The molecule has 1 unspecified atom stereocenters. The fourth-order valence-corrected chi connectivity index (χ4v) is 3.31. The van der Waals surface area contributed by atoms with Gasteiger partial charge >= 0.3 is 0 Å². The number of anilines is 1. The van der Waals surface area contributed by atoms with E-state index in [2.05, 4.69) is 15.3 Å². The van der Waals surface area contributed by atoms with E-state index in [1.54, 1.807) is 22.7 Å². The predicted molar refractivity (Wildman–Crippen MR) is 94.3 cm³/mol. The maximum Gasteiger partial charge on any atom is 0.266 e. The number of halogens is 2. The van der Waals surface area contributed by atoms with Crippen LogP contribution in [0.3, 0.4) is 0 Å². The van der Waals surface area contributed by atoms with Crippen LogP contribution in [0.2, 0.25) is 0 Å². The molecule has 1 saturated heterocycles. The smallest absolute Gasteiger partial charge is 0.266 e. The molecule has 9 heteroatoms. The summed E-state index contributed by atoms with van der Waals surface area (Å²) >= 11 is 0. The van der Waals surface area contributed by atoms with Gasteiger partial charge in [-0.15, -0.1) is 0 Å². The van der Waals surface area contributed by atoms with E-state index in [4.69, 9.17) is 5.41 Å². The number of hydrogen-bond donors (Lipinski definition) is 1. The third-order valence-corrected chi connectivity index (χ3v) is 5.10. The van der Waals surface area contributed by atoms with Crippen LogP contribution >= 0.6 is 0 Å². The highest BCUT2D eigenvalue weighted by molar-refractivity contribution is 5.92. The van der Waals surface area contributed by atoms with Crippen molar-refractivity contribution < 1.29 is 8.78 Å². The summed E-state index contributed by atoms with van der Waals surface area (Å²) in [7, 11) is 0. The Morgan fingerprint density at radius 3 is 2.88 bits per heavy atom. The minimum Gasteiger partial charge on any atom is -0.365 e. The average Bonchev–Trinajstić information content (AvgIpc) is 3.30. The molecular weight excluding hydrogens is 342 g/mol. The second-order valence-electron chi connectivity index (χ2n) is 7.21. The number of nitrogens with zero attached hydrogens (tertiary/aromatic N) is 5. The molecule has 1 saturated carbocycles. The lowest BCUT2D eigenvalue weighted by molar-refractivity contribution is 0.0257. The van der Waals surface area contributed by atoms with Crippen LogP contribution < -0.4 is 4.90 Å². The standard InChI is InChI=1S/C17H20F2N6O/c1-10(23-26)13(20)8-25-16-12(7-21-25)15(6-14(22-16)11-2-3-11)24-5-4-17(18,19)9-24/h6-7,10-11,20H,2-5,8-9H2,1H3. The molecule has 138 valence electrons. The van der Waals surface area contributed by atoms with Crippen LogP contribution in [0.4, 0.5) is 14.5 Å². The summed E-state index contributed by atoms with van der Waals surface area (Å²) in [6.07, 6.45) is 3.54. The third kappa shape index (κ3) is 3.06. The summed E-state index contributed by atoms with van der Waals surface area (Å²) in [6.45, 7) is 1.65. The number of alkyl halides is 2. The first-order valence-corrected chi connectivity index (χ1v) is 8.77. The second kappa shape index (κ2) is 6.07. The summed E-state index contributed by atoms with van der Waals surface area (Å²) in [6, 6.07) is 1.17. The van der Waals surface area contributed by atoms with Crippen molar-refractivity contribution in [2.75, 3.05) is 18.0 Å². The number of rotatable bonds is 6. The van der Waals surface area contributed by atoms with E-state index >= 15 is 0 Å². The molecule has 2 aromatic heterocycles. The first kappa shape index (κ1) is 17.0. The van der Waals surface area contributed by atoms with Gasteiger partial charge in [0.15, 0.2) is 5.65 Å². The molecule has 1 aliphatic heterocycles. The molecule has 0 spiro atoms. The molecule has 2 aliphatic rings. The Bertz CT molecular complexity index is 876. The van der Waals surface area contributed by atoms with Crippen LogP contribution in [0.5, 0.6) is 0 Å². The monoisotopic (exact) mass is 362 g/mol. The predicted octanol–water partition coefficient (Wildman–Crippen LogP) is 3.33. The van der Waals surface area contributed by atoms with Crippen molar-refractivity contribution in [1.82, 2.24) is 14.8 Å². The number of hydrogen-bond acceptors (Lipinski definition) is 6. The molecule has 2 aromatic rings. The van der Waals surface area contributed by atoms with Crippen molar-refractivity contribution in [1.29, 1.82) is 5.41 Å². The minimum absolute atomic E-state index is 0.104. The highest BCUT2D eigenvalue weighted by atomic mass is 19.3. The van der Waals surface area contributed by atoms with Crippen molar-refractivity contribution in [2.45, 2.75) is 50.6 Å². The summed E-state index contributed by atoms with van der Waals surface area (Å²) in [5.41, 5.74) is 2.33. The van der Waals surface area contributed by atoms with Gasteiger partial charge in [0.1, 0.15) is 6.04 Å². The fourth-order valence-electron chi connectivity index (χ4n) is 3.31. The largest absolute Gasteiger partial charge is 0.365 e. The van der Waals surface area contributed by atoms with Gasteiger partial charge < -0.3 is 10.3 Å². The molecule has 26 heavy (non-hydrogen) atoms. The van der Waals surface area contributed by atoms with E-state index in [1.165, 1.54) is 0 Å². The number of nitroso groups, excluding NO2 is 1. The van der Waals surface area contributed by atoms with E-state index in [-0.39, 0.29) is 25.2 Å². The Morgan fingerprint density at radius 1 is 1.50 bits per heavy atom. The summed E-state index contributed by atoms with van der Waals surface area (Å²) in [5, 5.41) is 15.8. The lowest BCUT2D eigenvalue weighted by Crippen LogP contribution is -2.25. The molecule has 1 N–H and O–H groups in total. The average molecular weight is 362 g/mol. The second-order valence-corrected chi connectivity index (χ2v) is 7.21. The lowest BCUT2D eigenvalue weighted by Gasteiger charge is -2.20. The number of aromatic nitrogens is 3. The van der Waals surface area contributed by atoms with Crippen LogP contribution in [0, 0.1) is 10.3 Å². The van der Waals surface area contributed by atoms with Gasteiger partial charge in [-0.2, -0.15) is 10.0 Å². The first-order valence-electron chi connectivity index (χ1n) is 8.77. The molecule has 2 fully saturated rings. The van der Waals surface area contributed by atoms with Gasteiger partial charge in [0.05, 0.1) is 36.1 Å². The van der Waals surface area contributed by atoms with Crippen LogP contribution in [-0.2, 0) is 6.54 Å². The molecule has 0 bridgehead atoms. The first-order chi connectivity index (χ1) is 12.4. The molecule has 4 rings (SSSR count). The Balaban J connectivity index is 1.75. The summed E-state index contributed by atoms with van der Waals surface area (Å²) < 4.78 is 29.0. The van der Waals surface area contributed by atoms with Gasteiger partial charge in [0, 0.05) is 24.6 Å². The number of pyridine rings is 1. The third-order valence-electron chi connectivity index (χ3n) is 5.10. The number of fused-ring (bicyclic) bond motifs is 1. The van der Waals surface area contributed by atoms with Gasteiger partial charge in [0.2, 0.25) is 0 Å². The molecular formula is C17H20F2N6O. The van der Waals surface area contributed by atoms with Gasteiger partial charge in [0.25, 0.3) is 5.92 Å². The quantitative estimate of drug-likeness (QED) is 0.631. The van der Waals surface area contributed by atoms with Crippen molar-refractivity contribution >= 4 is 22.4 Å². The van der Waals surface area contributed by atoms with Crippen LogP contribution in [0.25, 0.3) is 11.0 Å². The van der Waals surface area contributed by atoms with Crippen molar-refractivity contribution in [2.24, 2.45) is 5.18 Å². The van der Waals surface area contributed by atoms with Gasteiger partial charge in [-0.3, -0.25) is 0 Å². The summed E-state index contributed by atoms with van der Waals surface area (Å²) in [4.78, 5) is 17.0. The van der Waals surface area contributed by atoms with E-state index in [9.17, 15) is 13.7 Å². The van der Waals surface area contributed by atoms with Gasteiger partial charge in [-0.1, -0.05) is 5.18 Å². The van der Waals surface area contributed by atoms with Crippen LogP contribution in [-0.4, -0.2) is 45.5 Å². The molecule has 7 nitrogen and oxygen atoms in total. The normalized spacial score (nSPS) is 20.5. The van der Waals surface area contributed by atoms with Crippen LogP contribution in [0.1, 0.15) is 37.8 Å². The zero-order valence-corrected chi connectivity index (χ0v) is 14.5. The van der Waals surface area contributed by atoms with Crippen LogP contribution in [0.15, 0.2) is 17.4 Å². The Kier molecular flexibility index (Phi) is 3.96. The van der Waals surface area contributed by atoms with E-state index in [0.717, 1.165) is 24.2 Å². The number of nitrogens with one attached hydrogen (secondary N) is 1. The van der Waals surface area contributed by atoms with Crippen molar-refractivity contribution in [3.05, 3.63) is 22.9 Å². The molecule has 0 aromatic carbocycles. The zero-order chi connectivity index (χ0) is 18.5. The topological polar surface area (TPSA) is 87.2 Å². The van der Waals surface area contributed by atoms with E-state index in [0.29, 0.717) is 23.5 Å². The van der Waals surface area contributed by atoms with E-state index in [1.807, 2.05) is 6.07 Å². The summed E-state index contributed by atoms with van der Waals surface area (Å²) in [5.74, 6) is -2.32. The molecule has 0 amide bonds. The Hall–Kier alpha value is -2.45. The Morgan fingerprint density at radius 2 is 2.27 bits per heavy atom. The molecule has 3 heterocycles. The zero-order valence-electron chi connectivity index (χ0n) is 14.5. The van der Waals surface area contributed by atoms with Crippen molar-refractivity contribution in [3.63, 3.8) is 0 Å². The SMILES string of the molecule is CC(N=O)C(=N)Cn1ncc2c(N3CCC(F)(F)C3)cc(C3CC3)nc21. The van der Waals surface area contributed by atoms with Crippen molar-refractivity contribution in [3.8, 4) is 0 Å². The minimum atomic E-state index is -2.68. The molecule has 1 atom stereocenters. The maximum absolute atomic E-state index is 13.7. The highest BCUT2D eigenvalue weighted by Crippen LogP contribution is 2.43. The maximum atomic E-state index is 13.7. The Labute approximate surface area is 148 Å².